The van der Waals surface area contributed by atoms with Crippen molar-refractivity contribution in [1.82, 2.24) is 20.0 Å². The number of nitrogens with zero attached hydrogens (tertiary/aromatic N) is 3. The zero-order valence-corrected chi connectivity index (χ0v) is 16.5. The van der Waals surface area contributed by atoms with E-state index in [2.05, 4.69) is 28.9 Å². The first-order valence-corrected chi connectivity index (χ1v) is 9.13. The minimum Gasteiger partial charge on any atom is -0.456 e. The van der Waals surface area contributed by atoms with Gasteiger partial charge in [0.25, 0.3) is 5.91 Å². The molecule has 2 aromatic heterocycles. The zero-order valence-electron chi connectivity index (χ0n) is 16.5. The molecule has 0 radical (unpaired) electrons. The van der Waals surface area contributed by atoms with Gasteiger partial charge in [0, 0.05) is 32.7 Å². The SMILES string of the molecule is CCc1oc(C(=O)N(C)Cc2cc(COC)n[nH]2)cc1CN(CC)CC. The van der Waals surface area contributed by atoms with Crippen molar-refractivity contribution in [3.05, 3.63) is 40.6 Å². The van der Waals surface area contributed by atoms with E-state index in [1.165, 1.54) is 0 Å². The fraction of sp³-hybridized carbons (Fsp3) is 0.579. The van der Waals surface area contributed by atoms with Crippen molar-refractivity contribution in [2.75, 3.05) is 27.2 Å². The summed E-state index contributed by atoms with van der Waals surface area (Å²) in [5.74, 6) is 1.15. The maximum Gasteiger partial charge on any atom is 0.289 e. The number of aromatic nitrogens is 2. The highest BCUT2D eigenvalue weighted by Gasteiger charge is 2.20. The van der Waals surface area contributed by atoms with Crippen LogP contribution in [0.3, 0.4) is 0 Å². The molecule has 7 heteroatoms. The highest BCUT2D eigenvalue weighted by molar-refractivity contribution is 5.91. The van der Waals surface area contributed by atoms with Crippen LogP contribution in [0.15, 0.2) is 16.5 Å². The molecule has 1 amide bonds. The highest BCUT2D eigenvalue weighted by atomic mass is 16.5. The van der Waals surface area contributed by atoms with Crippen molar-refractivity contribution in [3.8, 4) is 0 Å². The Morgan fingerprint density at radius 1 is 1.23 bits per heavy atom. The second kappa shape index (κ2) is 9.54. The Kier molecular flexibility index (Phi) is 7.41. The molecule has 0 unspecified atom stereocenters. The lowest BCUT2D eigenvalue weighted by molar-refractivity contribution is 0.0750. The van der Waals surface area contributed by atoms with Crippen molar-refractivity contribution in [1.29, 1.82) is 0 Å². The standard InChI is InChI=1S/C19H30N4O3/c1-6-17-14(11-23(7-2)8-3)9-18(26-17)19(24)22(4)12-15-10-16(13-25-5)21-20-15/h9-10H,6-8,11-13H2,1-5H3,(H,20,21). The molecule has 0 saturated heterocycles. The van der Waals surface area contributed by atoms with Crippen molar-refractivity contribution < 1.29 is 13.9 Å². The normalized spacial score (nSPS) is 11.3. The van der Waals surface area contributed by atoms with Crippen LogP contribution >= 0.6 is 0 Å². The number of aromatic amines is 1. The van der Waals surface area contributed by atoms with Gasteiger partial charge in [-0.1, -0.05) is 20.8 Å². The van der Waals surface area contributed by atoms with Gasteiger partial charge >= 0.3 is 0 Å². The first kappa shape index (κ1) is 20.2. The summed E-state index contributed by atoms with van der Waals surface area (Å²) in [6.45, 7) is 9.94. The Bertz CT molecular complexity index is 703. The third kappa shape index (κ3) is 4.95. The number of aryl methyl sites for hydroxylation is 1. The van der Waals surface area contributed by atoms with E-state index in [0.29, 0.717) is 18.9 Å². The molecule has 0 aromatic carbocycles. The van der Waals surface area contributed by atoms with Gasteiger partial charge in [0.1, 0.15) is 5.76 Å². The van der Waals surface area contributed by atoms with Crippen LogP contribution in [0.4, 0.5) is 0 Å². The van der Waals surface area contributed by atoms with E-state index >= 15 is 0 Å². The Labute approximate surface area is 155 Å². The molecule has 144 valence electrons. The van der Waals surface area contributed by atoms with Crippen LogP contribution in [0.1, 0.15) is 54.0 Å². The smallest absolute Gasteiger partial charge is 0.289 e. The Morgan fingerprint density at radius 2 is 1.96 bits per heavy atom. The Hall–Kier alpha value is -2.12. The lowest BCUT2D eigenvalue weighted by atomic mass is 10.2. The van der Waals surface area contributed by atoms with Crippen molar-refractivity contribution in [2.45, 2.75) is 46.9 Å². The fourth-order valence-electron chi connectivity index (χ4n) is 2.92. The van der Waals surface area contributed by atoms with Gasteiger partial charge < -0.3 is 14.1 Å². The summed E-state index contributed by atoms with van der Waals surface area (Å²) in [6, 6.07) is 3.79. The monoisotopic (exact) mass is 362 g/mol. The molecule has 7 nitrogen and oxygen atoms in total. The summed E-state index contributed by atoms with van der Waals surface area (Å²) in [7, 11) is 3.39. The number of amides is 1. The molecule has 0 aliphatic carbocycles. The second-order valence-corrected chi connectivity index (χ2v) is 6.35. The van der Waals surface area contributed by atoms with Gasteiger partial charge in [-0.2, -0.15) is 5.10 Å². The van der Waals surface area contributed by atoms with Crippen LogP contribution in [0.2, 0.25) is 0 Å². The summed E-state index contributed by atoms with van der Waals surface area (Å²) in [4.78, 5) is 16.7. The first-order chi connectivity index (χ1) is 12.5. The van der Waals surface area contributed by atoms with E-state index in [4.69, 9.17) is 9.15 Å². The summed E-state index contributed by atoms with van der Waals surface area (Å²) in [5.41, 5.74) is 2.77. The van der Waals surface area contributed by atoms with Crippen LogP contribution in [0.5, 0.6) is 0 Å². The molecule has 26 heavy (non-hydrogen) atoms. The molecule has 2 aromatic rings. The van der Waals surface area contributed by atoms with Gasteiger partial charge in [-0.3, -0.25) is 14.8 Å². The quantitative estimate of drug-likeness (QED) is 0.703. The number of hydrogen-bond donors (Lipinski definition) is 1. The predicted octanol–water partition coefficient (Wildman–Crippen LogP) is 2.83. The Morgan fingerprint density at radius 3 is 2.58 bits per heavy atom. The number of carbonyl (C=O) groups excluding carboxylic acids is 1. The number of methoxy groups -OCH3 is 1. The van der Waals surface area contributed by atoms with Gasteiger partial charge in [-0.15, -0.1) is 0 Å². The number of furan rings is 1. The number of carbonyl (C=O) groups is 1. The first-order valence-electron chi connectivity index (χ1n) is 9.13. The molecule has 0 aliphatic rings. The van der Waals surface area contributed by atoms with Crippen LogP contribution in [0, 0.1) is 0 Å². The van der Waals surface area contributed by atoms with Crippen LogP contribution < -0.4 is 0 Å². The third-order valence-corrected chi connectivity index (χ3v) is 4.45. The molecule has 0 saturated carbocycles. The molecule has 2 rings (SSSR count). The fourth-order valence-corrected chi connectivity index (χ4v) is 2.92. The maximum atomic E-state index is 12.7. The van der Waals surface area contributed by atoms with E-state index in [0.717, 1.165) is 48.8 Å². The highest BCUT2D eigenvalue weighted by Crippen LogP contribution is 2.20. The van der Waals surface area contributed by atoms with Crippen LogP contribution in [-0.2, 0) is 30.9 Å². The average molecular weight is 362 g/mol. The van der Waals surface area contributed by atoms with Crippen LogP contribution in [-0.4, -0.2) is 53.2 Å². The van der Waals surface area contributed by atoms with Gasteiger partial charge in [0.05, 0.1) is 24.5 Å². The van der Waals surface area contributed by atoms with Gasteiger partial charge in [-0.25, -0.2) is 0 Å². The van der Waals surface area contributed by atoms with E-state index in [9.17, 15) is 4.79 Å². The molecule has 0 bridgehead atoms. The topological polar surface area (TPSA) is 74.6 Å². The third-order valence-electron chi connectivity index (χ3n) is 4.45. The number of hydrogen-bond acceptors (Lipinski definition) is 5. The average Bonchev–Trinajstić information content (AvgIpc) is 3.25. The summed E-state index contributed by atoms with van der Waals surface area (Å²) >= 11 is 0. The van der Waals surface area contributed by atoms with E-state index in [-0.39, 0.29) is 5.91 Å². The molecule has 2 heterocycles. The van der Waals surface area contributed by atoms with Gasteiger partial charge in [0.2, 0.25) is 0 Å². The maximum absolute atomic E-state index is 12.7. The summed E-state index contributed by atoms with van der Waals surface area (Å²) < 4.78 is 10.9. The number of nitrogens with one attached hydrogen (secondary N) is 1. The van der Waals surface area contributed by atoms with Crippen molar-refractivity contribution >= 4 is 5.91 Å². The van der Waals surface area contributed by atoms with Crippen molar-refractivity contribution in [3.63, 3.8) is 0 Å². The van der Waals surface area contributed by atoms with Crippen LogP contribution in [0.25, 0.3) is 0 Å². The molecule has 0 spiro atoms. The van der Waals surface area contributed by atoms with E-state index in [1.807, 2.05) is 19.1 Å². The summed E-state index contributed by atoms with van der Waals surface area (Å²) in [6.07, 6.45) is 0.772. The van der Waals surface area contributed by atoms with Gasteiger partial charge in [-0.05, 0) is 25.2 Å². The molecular formula is C19H30N4O3. The van der Waals surface area contributed by atoms with Crippen molar-refractivity contribution in [2.24, 2.45) is 0 Å². The predicted molar refractivity (Wildman–Crippen MR) is 99.8 cm³/mol. The number of H-pyrrole nitrogens is 1. The lowest BCUT2D eigenvalue weighted by Crippen LogP contribution is -2.26. The zero-order chi connectivity index (χ0) is 19.1. The molecule has 0 aliphatic heterocycles. The van der Waals surface area contributed by atoms with E-state index < -0.39 is 0 Å². The van der Waals surface area contributed by atoms with E-state index in [1.54, 1.807) is 19.1 Å². The summed E-state index contributed by atoms with van der Waals surface area (Å²) in [5, 5.41) is 7.09. The molecular weight excluding hydrogens is 332 g/mol. The number of ether oxygens (including phenoxy) is 1. The van der Waals surface area contributed by atoms with Gasteiger partial charge in [0.15, 0.2) is 5.76 Å². The Balaban J connectivity index is 2.08. The largest absolute Gasteiger partial charge is 0.456 e. The minimum atomic E-state index is -0.131. The molecule has 0 atom stereocenters. The molecule has 0 fully saturated rings. The number of rotatable bonds is 10. The second-order valence-electron chi connectivity index (χ2n) is 6.35. The minimum absolute atomic E-state index is 0.131. The lowest BCUT2D eigenvalue weighted by Gasteiger charge is -2.17. The molecule has 1 N–H and O–H groups in total.